The SMILES string of the molecule is C=c1ccn(-c2nc(/C(N)=N/O)cs2)c1=C. The third-order valence-electron chi connectivity index (χ3n) is 2.15. The molecule has 0 aromatic carbocycles. The van der Waals surface area contributed by atoms with Crippen molar-refractivity contribution < 1.29 is 5.21 Å². The second kappa shape index (κ2) is 3.82. The number of thiazole rings is 1. The highest BCUT2D eigenvalue weighted by Crippen LogP contribution is 2.12. The summed E-state index contributed by atoms with van der Waals surface area (Å²) in [5.41, 5.74) is 5.88. The van der Waals surface area contributed by atoms with Crippen LogP contribution in [0.2, 0.25) is 0 Å². The molecule has 0 amide bonds. The number of hydrogen-bond donors (Lipinski definition) is 2. The number of nitrogens with two attached hydrogens (primary N) is 1. The molecule has 2 aromatic heterocycles. The molecule has 0 unspecified atom stereocenters. The van der Waals surface area contributed by atoms with Gasteiger partial charge in [0.1, 0.15) is 5.69 Å². The molecular formula is C10H10N4OS. The van der Waals surface area contributed by atoms with Gasteiger partial charge < -0.3 is 10.9 Å². The summed E-state index contributed by atoms with van der Waals surface area (Å²) in [5.74, 6) is -0.00452. The van der Waals surface area contributed by atoms with Crippen LogP contribution in [0, 0.1) is 0 Å². The molecule has 82 valence electrons. The van der Waals surface area contributed by atoms with E-state index in [9.17, 15) is 0 Å². The number of hydrogen-bond acceptors (Lipinski definition) is 4. The summed E-state index contributed by atoms with van der Waals surface area (Å²) in [5, 5.41) is 15.5. The molecule has 0 fully saturated rings. The van der Waals surface area contributed by atoms with Gasteiger partial charge in [-0.05, 0) is 11.3 Å². The zero-order valence-corrected chi connectivity index (χ0v) is 9.24. The summed E-state index contributed by atoms with van der Waals surface area (Å²) in [6.07, 6.45) is 1.83. The zero-order chi connectivity index (χ0) is 11.7. The normalized spacial score (nSPS) is 11.9. The van der Waals surface area contributed by atoms with Crippen molar-refractivity contribution in [3.05, 3.63) is 33.9 Å². The van der Waals surface area contributed by atoms with E-state index in [0.717, 1.165) is 10.6 Å². The van der Waals surface area contributed by atoms with Gasteiger partial charge in [-0.3, -0.25) is 4.57 Å². The van der Waals surface area contributed by atoms with Crippen LogP contribution in [-0.2, 0) is 0 Å². The van der Waals surface area contributed by atoms with E-state index in [-0.39, 0.29) is 5.84 Å². The highest BCUT2D eigenvalue weighted by atomic mass is 32.1. The van der Waals surface area contributed by atoms with E-state index in [2.05, 4.69) is 23.3 Å². The molecule has 2 aromatic rings. The molecule has 0 spiro atoms. The van der Waals surface area contributed by atoms with E-state index >= 15 is 0 Å². The van der Waals surface area contributed by atoms with Gasteiger partial charge in [-0.15, -0.1) is 11.3 Å². The predicted octanol–water partition coefficient (Wildman–Crippen LogP) is -0.151. The first kappa shape index (κ1) is 10.4. The summed E-state index contributed by atoms with van der Waals surface area (Å²) in [6.45, 7) is 7.72. The maximum atomic E-state index is 8.53. The van der Waals surface area contributed by atoms with Gasteiger partial charge in [0.05, 0.1) is 0 Å². The van der Waals surface area contributed by atoms with Crippen molar-refractivity contribution in [3.8, 4) is 5.13 Å². The van der Waals surface area contributed by atoms with Gasteiger partial charge in [0, 0.05) is 16.9 Å². The van der Waals surface area contributed by atoms with Crippen molar-refractivity contribution in [3.63, 3.8) is 0 Å². The van der Waals surface area contributed by atoms with Crippen molar-refractivity contribution in [1.29, 1.82) is 0 Å². The van der Waals surface area contributed by atoms with Gasteiger partial charge in [-0.1, -0.05) is 18.3 Å². The zero-order valence-electron chi connectivity index (χ0n) is 8.42. The van der Waals surface area contributed by atoms with E-state index < -0.39 is 0 Å². The number of rotatable bonds is 2. The minimum absolute atomic E-state index is 0.00452. The lowest BCUT2D eigenvalue weighted by Gasteiger charge is -1.96. The minimum atomic E-state index is -0.00452. The maximum absolute atomic E-state index is 8.53. The average molecular weight is 234 g/mol. The van der Waals surface area contributed by atoms with Crippen molar-refractivity contribution in [2.45, 2.75) is 0 Å². The first-order chi connectivity index (χ1) is 7.63. The molecule has 0 saturated heterocycles. The van der Waals surface area contributed by atoms with Crippen LogP contribution in [0.4, 0.5) is 0 Å². The first-order valence-electron chi connectivity index (χ1n) is 4.42. The van der Waals surface area contributed by atoms with Crippen LogP contribution in [0.15, 0.2) is 22.8 Å². The largest absolute Gasteiger partial charge is 0.409 e. The molecule has 6 heteroatoms. The smallest absolute Gasteiger partial charge is 0.194 e. The molecule has 0 aliphatic carbocycles. The Morgan fingerprint density at radius 3 is 2.88 bits per heavy atom. The highest BCUT2D eigenvalue weighted by Gasteiger charge is 2.07. The number of oxime groups is 1. The van der Waals surface area contributed by atoms with Crippen LogP contribution in [0.1, 0.15) is 5.69 Å². The Hall–Kier alpha value is -2.08. The van der Waals surface area contributed by atoms with Crippen molar-refractivity contribution in [2.24, 2.45) is 10.9 Å². The molecule has 0 saturated carbocycles. The second-order valence-electron chi connectivity index (χ2n) is 3.16. The lowest BCUT2D eigenvalue weighted by atomic mass is 10.5. The number of amidine groups is 1. The lowest BCUT2D eigenvalue weighted by Crippen LogP contribution is -2.25. The van der Waals surface area contributed by atoms with Crippen molar-refractivity contribution in [1.82, 2.24) is 9.55 Å². The second-order valence-corrected chi connectivity index (χ2v) is 3.99. The fourth-order valence-electron chi connectivity index (χ4n) is 1.23. The van der Waals surface area contributed by atoms with Crippen LogP contribution >= 0.6 is 11.3 Å². The summed E-state index contributed by atoms with van der Waals surface area (Å²) in [6, 6.07) is 1.85. The Morgan fingerprint density at radius 1 is 1.56 bits per heavy atom. The fraction of sp³-hybridized carbons (Fsp3) is 0. The van der Waals surface area contributed by atoms with Gasteiger partial charge in [0.15, 0.2) is 11.0 Å². The third kappa shape index (κ3) is 1.59. The van der Waals surface area contributed by atoms with Crippen molar-refractivity contribution in [2.75, 3.05) is 0 Å². The Labute approximate surface area is 95.5 Å². The first-order valence-corrected chi connectivity index (χ1v) is 5.30. The molecule has 0 bridgehead atoms. The molecule has 0 atom stereocenters. The topological polar surface area (TPSA) is 76.4 Å². The van der Waals surface area contributed by atoms with E-state index in [1.807, 2.05) is 12.3 Å². The van der Waals surface area contributed by atoms with E-state index in [0.29, 0.717) is 10.8 Å². The molecule has 0 aliphatic rings. The molecule has 5 nitrogen and oxygen atoms in total. The predicted molar refractivity (Wildman–Crippen MR) is 64.2 cm³/mol. The molecule has 0 aliphatic heterocycles. The molecule has 2 rings (SSSR count). The quantitative estimate of drug-likeness (QED) is 0.328. The molecular weight excluding hydrogens is 224 g/mol. The van der Waals surface area contributed by atoms with Crippen LogP contribution in [-0.4, -0.2) is 20.6 Å². The maximum Gasteiger partial charge on any atom is 0.194 e. The van der Waals surface area contributed by atoms with Crippen LogP contribution in [0.25, 0.3) is 18.3 Å². The van der Waals surface area contributed by atoms with E-state index in [1.165, 1.54) is 11.3 Å². The van der Waals surface area contributed by atoms with Gasteiger partial charge in [0.2, 0.25) is 0 Å². The van der Waals surface area contributed by atoms with Crippen molar-refractivity contribution >= 4 is 30.3 Å². The molecule has 3 N–H and O–H groups in total. The summed E-state index contributed by atoms with van der Waals surface area (Å²) >= 11 is 1.39. The lowest BCUT2D eigenvalue weighted by molar-refractivity contribution is 0.318. The molecule has 0 radical (unpaired) electrons. The van der Waals surface area contributed by atoms with Crippen LogP contribution in [0.3, 0.4) is 0 Å². The van der Waals surface area contributed by atoms with Crippen LogP contribution in [0.5, 0.6) is 0 Å². The average Bonchev–Trinajstić information content (AvgIpc) is 2.87. The summed E-state index contributed by atoms with van der Waals surface area (Å²) in [7, 11) is 0. The van der Waals surface area contributed by atoms with E-state index in [4.69, 9.17) is 10.9 Å². The van der Waals surface area contributed by atoms with Gasteiger partial charge in [0.25, 0.3) is 0 Å². The number of aromatic nitrogens is 2. The Bertz CT molecular complexity index is 640. The molecule has 16 heavy (non-hydrogen) atoms. The number of nitrogens with zero attached hydrogens (tertiary/aromatic N) is 3. The Kier molecular flexibility index (Phi) is 2.49. The van der Waals surface area contributed by atoms with Gasteiger partial charge in [-0.25, -0.2) is 4.98 Å². The fourth-order valence-corrected chi connectivity index (χ4v) is 2.05. The summed E-state index contributed by atoms with van der Waals surface area (Å²) in [4.78, 5) is 4.22. The van der Waals surface area contributed by atoms with Gasteiger partial charge in [-0.2, -0.15) is 0 Å². The minimum Gasteiger partial charge on any atom is -0.409 e. The molecule has 2 heterocycles. The standard InChI is InChI=1S/C10H10N4OS/c1-6-3-4-14(7(6)2)10-12-8(5-16-10)9(11)13-15/h3-5,15H,1-2H2,(H2,11,13). The third-order valence-corrected chi connectivity index (χ3v) is 2.99. The van der Waals surface area contributed by atoms with E-state index in [1.54, 1.807) is 9.95 Å². The van der Waals surface area contributed by atoms with Crippen LogP contribution < -0.4 is 16.3 Å². The van der Waals surface area contributed by atoms with Gasteiger partial charge >= 0.3 is 0 Å². The Balaban J connectivity index is 2.51. The summed E-state index contributed by atoms with van der Waals surface area (Å²) < 4.78 is 1.81. The highest BCUT2D eigenvalue weighted by molar-refractivity contribution is 7.12. The Morgan fingerprint density at radius 2 is 2.31 bits per heavy atom. The monoisotopic (exact) mass is 234 g/mol.